The highest BCUT2D eigenvalue weighted by Crippen LogP contribution is 2.29. The summed E-state index contributed by atoms with van der Waals surface area (Å²) in [6.45, 7) is 0. The maximum Gasteiger partial charge on any atom is 0.296 e. The highest BCUT2D eigenvalue weighted by molar-refractivity contribution is 7.16. The van der Waals surface area contributed by atoms with E-state index < -0.39 is 4.92 Å². The average molecular weight is 327 g/mol. The van der Waals surface area contributed by atoms with Crippen molar-refractivity contribution >= 4 is 40.2 Å². The SMILES string of the molecule is COc1ccc(NC(=O)Cc2ccc(Cl)s2)c([N+](=O)[O-])c1. The van der Waals surface area contributed by atoms with Crippen LogP contribution in [0.5, 0.6) is 5.75 Å². The number of methoxy groups -OCH3 is 1. The van der Waals surface area contributed by atoms with Gasteiger partial charge in [0.05, 0.1) is 28.9 Å². The Balaban J connectivity index is 2.14. The zero-order chi connectivity index (χ0) is 15.4. The molecule has 2 aromatic rings. The van der Waals surface area contributed by atoms with Gasteiger partial charge in [-0.3, -0.25) is 14.9 Å². The van der Waals surface area contributed by atoms with Gasteiger partial charge in [0.25, 0.3) is 5.69 Å². The van der Waals surface area contributed by atoms with Crippen LogP contribution >= 0.6 is 22.9 Å². The third-order valence-corrected chi connectivity index (χ3v) is 3.87. The quantitative estimate of drug-likeness (QED) is 0.673. The molecule has 0 saturated heterocycles. The summed E-state index contributed by atoms with van der Waals surface area (Å²) in [7, 11) is 1.41. The van der Waals surface area contributed by atoms with Gasteiger partial charge in [-0.05, 0) is 24.3 Å². The Kier molecular flexibility index (Phi) is 4.77. The van der Waals surface area contributed by atoms with Crippen molar-refractivity contribution in [3.8, 4) is 5.75 Å². The number of hydrogen-bond acceptors (Lipinski definition) is 5. The van der Waals surface area contributed by atoms with Crippen molar-refractivity contribution in [2.24, 2.45) is 0 Å². The number of halogens is 1. The van der Waals surface area contributed by atoms with E-state index in [9.17, 15) is 14.9 Å². The minimum absolute atomic E-state index is 0.112. The van der Waals surface area contributed by atoms with Crippen LogP contribution in [0.25, 0.3) is 0 Å². The van der Waals surface area contributed by atoms with Gasteiger partial charge >= 0.3 is 0 Å². The van der Waals surface area contributed by atoms with Gasteiger partial charge in [-0.1, -0.05) is 11.6 Å². The summed E-state index contributed by atoms with van der Waals surface area (Å²) in [5.41, 5.74) is -0.0830. The summed E-state index contributed by atoms with van der Waals surface area (Å²) in [5.74, 6) is 0.00604. The molecule has 1 aromatic heterocycles. The molecule has 1 aromatic carbocycles. The normalized spacial score (nSPS) is 10.2. The van der Waals surface area contributed by atoms with Crippen LogP contribution in [0.1, 0.15) is 4.88 Å². The Morgan fingerprint density at radius 3 is 2.76 bits per heavy atom. The molecule has 0 aliphatic carbocycles. The fourth-order valence-corrected chi connectivity index (χ4v) is 2.78. The van der Waals surface area contributed by atoms with Crippen molar-refractivity contribution < 1.29 is 14.5 Å². The van der Waals surface area contributed by atoms with E-state index in [-0.39, 0.29) is 23.7 Å². The molecule has 0 saturated carbocycles. The molecule has 1 heterocycles. The van der Waals surface area contributed by atoms with Crippen LogP contribution in [-0.4, -0.2) is 17.9 Å². The van der Waals surface area contributed by atoms with Gasteiger partial charge < -0.3 is 10.1 Å². The molecule has 0 fully saturated rings. The summed E-state index contributed by atoms with van der Waals surface area (Å²) in [5, 5.41) is 13.5. The number of nitrogens with one attached hydrogen (secondary N) is 1. The molecule has 110 valence electrons. The largest absolute Gasteiger partial charge is 0.496 e. The molecule has 2 rings (SSSR count). The van der Waals surface area contributed by atoms with Crippen molar-refractivity contribution in [3.05, 3.63) is 49.7 Å². The zero-order valence-electron chi connectivity index (χ0n) is 11.0. The minimum Gasteiger partial charge on any atom is -0.496 e. The van der Waals surface area contributed by atoms with Crippen LogP contribution in [0, 0.1) is 10.1 Å². The minimum atomic E-state index is -0.569. The Hall–Kier alpha value is -2.12. The molecule has 0 radical (unpaired) electrons. The van der Waals surface area contributed by atoms with Gasteiger partial charge in [0.1, 0.15) is 11.4 Å². The van der Waals surface area contributed by atoms with E-state index in [1.54, 1.807) is 18.2 Å². The molecule has 1 amide bonds. The highest BCUT2D eigenvalue weighted by Gasteiger charge is 2.17. The number of benzene rings is 1. The summed E-state index contributed by atoms with van der Waals surface area (Å²) in [4.78, 5) is 23.2. The first-order chi connectivity index (χ1) is 9.99. The Labute approximate surface area is 129 Å². The van der Waals surface area contributed by atoms with E-state index in [0.29, 0.717) is 10.1 Å². The summed E-state index contributed by atoms with van der Waals surface area (Å²) in [6.07, 6.45) is 0.112. The maximum absolute atomic E-state index is 11.9. The first kappa shape index (κ1) is 15.3. The number of rotatable bonds is 5. The lowest BCUT2D eigenvalue weighted by atomic mass is 10.2. The van der Waals surface area contributed by atoms with Crippen LogP contribution in [0.3, 0.4) is 0 Å². The lowest BCUT2D eigenvalue weighted by Crippen LogP contribution is -2.14. The van der Waals surface area contributed by atoms with E-state index in [1.165, 1.54) is 30.6 Å². The fourth-order valence-electron chi connectivity index (χ4n) is 1.69. The number of carbonyl (C=O) groups excluding carboxylic acids is 1. The van der Waals surface area contributed by atoms with Crippen molar-refractivity contribution in [2.45, 2.75) is 6.42 Å². The third kappa shape index (κ3) is 3.93. The number of ether oxygens (including phenoxy) is 1. The molecule has 1 N–H and O–H groups in total. The van der Waals surface area contributed by atoms with Crippen LogP contribution in [0.15, 0.2) is 30.3 Å². The second kappa shape index (κ2) is 6.55. The van der Waals surface area contributed by atoms with Crippen LogP contribution in [0.2, 0.25) is 4.34 Å². The second-order valence-electron chi connectivity index (χ2n) is 4.07. The van der Waals surface area contributed by atoms with E-state index >= 15 is 0 Å². The van der Waals surface area contributed by atoms with Gasteiger partial charge in [-0.2, -0.15) is 0 Å². The zero-order valence-corrected chi connectivity index (χ0v) is 12.5. The number of nitro benzene ring substituents is 1. The molecule has 0 aliphatic rings. The van der Waals surface area contributed by atoms with Crippen LogP contribution in [0.4, 0.5) is 11.4 Å². The average Bonchev–Trinajstić information content (AvgIpc) is 2.84. The summed E-state index contributed by atoms with van der Waals surface area (Å²) >= 11 is 7.08. The molecular weight excluding hydrogens is 316 g/mol. The van der Waals surface area contributed by atoms with Crippen molar-refractivity contribution in [2.75, 3.05) is 12.4 Å². The lowest BCUT2D eigenvalue weighted by molar-refractivity contribution is -0.384. The number of nitrogens with zero attached hydrogens (tertiary/aromatic N) is 1. The molecule has 0 unspecified atom stereocenters. The number of hydrogen-bond donors (Lipinski definition) is 1. The molecule has 0 spiro atoms. The van der Waals surface area contributed by atoms with E-state index in [4.69, 9.17) is 16.3 Å². The fraction of sp³-hybridized carbons (Fsp3) is 0.154. The van der Waals surface area contributed by atoms with Crippen molar-refractivity contribution in [1.29, 1.82) is 0 Å². The molecule has 0 atom stereocenters. The van der Waals surface area contributed by atoms with Gasteiger partial charge in [0, 0.05) is 4.88 Å². The molecule has 21 heavy (non-hydrogen) atoms. The summed E-state index contributed by atoms with van der Waals surface area (Å²) < 4.78 is 5.52. The van der Waals surface area contributed by atoms with Gasteiger partial charge in [-0.25, -0.2) is 0 Å². The molecule has 8 heteroatoms. The van der Waals surface area contributed by atoms with Crippen LogP contribution in [-0.2, 0) is 11.2 Å². The Morgan fingerprint density at radius 2 is 2.19 bits per heavy atom. The molecule has 6 nitrogen and oxygen atoms in total. The molecular formula is C13H11ClN2O4S. The Morgan fingerprint density at radius 1 is 1.43 bits per heavy atom. The van der Waals surface area contributed by atoms with E-state index in [2.05, 4.69) is 5.32 Å². The lowest BCUT2D eigenvalue weighted by Gasteiger charge is -2.07. The number of amides is 1. The number of nitro groups is 1. The monoisotopic (exact) mass is 326 g/mol. The molecule has 0 aliphatic heterocycles. The third-order valence-electron chi connectivity index (χ3n) is 2.64. The van der Waals surface area contributed by atoms with Gasteiger partial charge in [0.2, 0.25) is 5.91 Å². The standard InChI is InChI=1S/C13H11ClN2O4S/c1-20-8-2-4-10(11(6-8)16(18)19)15-13(17)7-9-3-5-12(14)21-9/h2-6H,7H2,1H3,(H,15,17). The first-order valence-corrected chi connectivity index (χ1v) is 7.05. The van der Waals surface area contributed by atoms with Gasteiger partial charge in [-0.15, -0.1) is 11.3 Å². The van der Waals surface area contributed by atoms with E-state index in [0.717, 1.165) is 4.88 Å². The predicted octanol–water partition coefficient (Wildman–Crippen LogP) is 3.50. The number of carbonyl (C=O) groups is 1. The van der Waals surface area contributed by atoms with Crippen molar-refractivity contribution in [1.82, 2.24) is 0 Å². The maximum atomic E-state index is 11.9. The summed E-state index contributed by atoms with van der Waals surface area (Å²) in [6, 6.07) is 7.69. The first-order valence-electron chi connectivity index (χ1n) is 5.86. The van der Waals surface area contributed by atoms with Crippen molar-refractivity contribution in [3.63, 3.8) is 0 Å². The van der Waals surface area contributed by atoms with Gasteiger partial charge in [0.15, 0.2) is 0 Å². The predicted molar refractivity (Wildman–Crippen MR) is 81.3 cm³/mol. The van der Waals surface area contributed by atoms with E-state index in [1.807, 2.05) is 0 Å². The highest BCUT2D eigenvalue weighted by atomic mass is 35.5. The second-order valence-corrected chi connectivity index (χ2v) is 5.87. The molecule has 0 bridgehead atoms. The number of thiophene rings is 1. The number of anilines is 1. The van der Waals surface area contributed by atoms with Crippen LogP contribution < -0.4 is 10.1 Å². The topological polar surface area (TPSA) is 81.5 Å². The Bertz CT molecular complexity index is 687. The smallest absolute Gasteiger partial charge is 0.296 e.